The lowest BCUT2D eigenvalue weighted by molar-refractivity contribution is -0.129. The molecule has 0 radical (unpaired) electrons. The van der Waals surface area contributed by atoms with Gasteiger partial charge in [-0.15, -0.1) is 0 Å². The smallest absolute Gasteiger partial charge is 0.271 e. The van der Waals surface area contributed by atoms with E-state index in [0.29, 0.717) is 23.7 Å². The predicted octanol–water partition coefficient (Wildman–Crippen LogP) is 1.67. The molecule has 2 unspecified atom stereocenters. The summed E-state index contributed by atoms with van der Waals surface area (Å²) in [6.07, 6.45) is 3.20. The molecule has 2 aliphatic heterocycles. The number of benzene rings is 1. The maximum absolute atomic E-state index is 13.4. The number of piperazine rings is 1. The molecule has 3 rings (SSSR count). The summed E-state index contributed by atoms with van der Waals surface area (Å²) in [7, 11) is 1.66. The molecule has 0 saturated carbocycles. The van der Waals surface area contributed by atoms with Crippen molar-refractivity contribution in [2.75, 3.05) is 20.1 Å². The number of rotatable bonds is 4. The van der Waals surface area contributed by atoms with Gasteiger partial charge in [-0.3, -0.25) is 4.79 Å². The lowest BCUT2D eigenvalue weighted by atomic mass is 10.2. The molecule has 3 N–H and O–H groups in total. The third-order valence-electron chi connectivity index (χ3n) is 4.42. The number of carbonyl (C=O) groups excluding carboxylic acids is 1. The number of nitrogens with zero attached hydrogens (tertiary/aromatic N) is 2. The molecule has 0 spiro atoms. The molecule has 2 atom stereocenters. The summed E-state index contributed by atoms with van der Waals surface area (Å²) in [5, 5.41) is 2.81. The Morgan fingerprint density at radius 3 is 2.33 bits per heavy atom. The predicted molar refractivity (Wildman–Crippen MR) is 88.8 cm³/mol. The first-order valence-corrected chi connectivity index (χ1v) is 8.60. The highest BCUT2D eigenvalue weighted by molar-refractivity contribution is 7.97. The average molecular weight is 354 g/mol. The van der Waals surface area contributed by atoms with Crippen LogP contribution in [0, 0.1) is 11.6 Å². The lowest BCUT2D eigenvalue weighted by Crippen LogP contribution is -2.53. The van der Waals surface area contributed by atoms with E-state index in [0.717, 1.165) is 18.9 Å². The van der Waals surface area contributed by atoms with Gasteiger partial charge in [0.05, 0.1) is 0 Å². The minimum atomic E-state index is -0.578. The van der Waals surface area contributed by atoms with Gasteiger partial charge in [0.15, 0.2) is 0 Å². The maximum Gasteiger partial charge on any atom is 0.271 e. The molecule has 2 heterocycles. The molecule has 8 heteroatoms. The zero-order chi connectivity index (χ0) is 17.3. The van der Waals surface area contributed by atoms with Gasteiger partial charge in [0.25, 0.3) is 5.91 Å². The number of likely N-dealkylation sites (tertiary alicyclic amines) is 1. The quantitative estimate of drug-likeness (QED) is 0.636. The molecule has 2 saturated heterocycles. The first-order valence-electron chi connectivity index (χ1n) is 7.83. The SMILES string of the molecule is CN/C(=C\N)C(=O)N1CC2CCC(C1)N2Sc1cc(F)cc(F)c1. The molecule has 1 aromatic rings. The molecule has 24 heavy (non-hydrogen) atoms. The molecule has 1 aromatic carbocycles. The number of amides is 1. The monoisotopic (exact) mass is 354 g/mol. The number of halogens is 2. The van der Waals surface area contributed by atoms with Gasteiger partial charge in [0, 0.05) is 49.4 Å². The molecule has 5 nitrogen and oxygen atoms in total. The summed E-state index contributed by atoms with van der Waals surface area (Å²) in [5.74, 6) is -1.27. The third-order valence-corrected chi connectivity index (χ3v) is 5.67. The average Bonchev–Trinajstić information content (AvgIpc) is 2.77. The van der Waals surface area contributed by atoms with Gasteiger partial charge in [0.2, 0.25) is 0 Å². The second kappa shape index (κ2) is 6.98. The molecule has 1 amide bonds. The Bertz CT molecular complexity index is 635. The summed E-state index contributed by atoms with van der Waals surface area (Å²) in [6.45, 7) is 1.16. The van der Waals surface area contributed by atoms with Crippen LogP contribution in [0.1, 0.15) is 12.8 Å². The topological polar surface area (TPSA) is 61.6 Å². The molecular formula is C16H20F2N4OS. The van der Waals surface area contributed by atoms with Crippen LogP contribution in [0.5, 0.6) is 0 Å². The molecular weight excluding hydrogens is 334 g/mol. The van der Waals surface area contributed by atoms with Gasteiger partial charge in [-0.25, -0.2) is 13.1 Å². The van der Waals surface area contributed by atoms with Crippen molar-refractivity contribution in [3.63, 3.8) is 0 Å². The van der Waals surface area contributed by atoms with E-state index in [1.807, 2.05) is 0 Å². The highest BCUT2D eigenvalue weighted by Crippen LogP contribution is 2.39. The highest BCUT2D eigenvalue weighted by Gasteiger charge is 2.42. The second-order valence-corrected chi connectivity index (χ2v) is 7.06. The van der Waals surface area contributed by atoms with Crippen molar-refractivity contribution in [3.05, 3.63) is 41.7 Å². The largest absolute Gasteiger partial charge is 0.403 e. The van der Waals surface area contributed by atoms with Crippen molar-refractivity contribution in [1.82, 2.24) is 14.5 Å². The van der Waals surface area contributed by atoms with Gasteiger partial charge in [-0.05, 0) is 36.9 Å². The van der Waals surface area contributed by atoms with Crippen LogP contribution in [0.3, 0.4) is 0 Å². The molecule has 130 valence electrons. The van der Waals surface area contributed by atoms with Gasteiger partial charge in [-0.1, -0.05) is 0 Å². The first kappa shape index (κ1) is 17.0. The minimum Gasteiger partial charge on any atom is -0.403 e. The zero-order valence-corrected chi connectivity index (χ0v) is 14.2. The normalized spacial score (nSPS) is 24.3. The molecule has 2 aliphatic rings. The Morgan fingerprint density at radius 1 is 1.25 bits per heavy atom. The van der Waals surface area contributed by atoms with Crippen molar-refractivity contribution >= 4 is 17.9 Å². The van der Waals surface area contributed by atoms with Crippen LogP contribution in [0.2, 0.25) is 0 Å². The Kier molecular flexibility index (Phi) is 4.96. The Morgan fingerprint density at radius 2 is 1.83 bits per heavy atom. The summed E-state index contributed by atoms with van der Waals surface area (Å²) < 4.78 is 28.9. The lowest BCUT2D eigenvalue weighted by Gasteiger charge is -2.40. The first-order chi connectivity index (χ1) is 11.5. The fourth-order valence-electron chi connectivity index (χ4n) is 3.31. The summed E-state index contributed by atoms with van der Waals surface area (Å²) in [4.78, 5) is 14.8. The van der Waals surface area contributed by atoms with E-state index in [4.69, 9.17) is 5.73 Å². The number of likely N-dealkylation sites (N-methyl/N-ethyl adjacent to an activating group) is 1. The van der Waals surface area contributed by atoms with Crippen LogP contribution in [0.25, 0.3) is 0 Å². The van der Waals surface area contributed by atoms with Gasteiger partial charge in [0.1, 0.15) is 17.3 Å². The third kappa shape index (κ3) is 3.34. The molecule has 0 aromatic heterocycles. The minimum absolute atomic E-state index is 0.113. The highest BCUT2D eigenvalue weighted by atomic mass is 32.2. The van der Waals surface area contributed by atoms with Crippen molar-refractivity contribution in [2.45, 2.75) is 29.8 Å². The number of fused-ring (bicyclic) bond motifs is 2. The van der Waals surface area contributed by atoms with E-state index >= 15 is 0 Å². The number of nitrogens with one attached hydrogen (secondary N) is 1. The van der Waals surface area contributed by atoms with E-state index in [9.17, 15) is 13.6 Å². The van der Waals surface area contributed by atoms with Crippen LogP contribution in [0.4, 0.5) is 8.78 Å². The van der Waals surface area contributed by atoms with Gasteiger partial charge >= 0.3 is 0 Å². The van der Waals surface area contributed by atoms with Gasteiger partial charge in [-0.2, -0.15) is 0 Å². The number of nitrogens with two attached hydrogens (primary N) is 1. The van der Waals surface area contributed by atoms with E-state index in [1.54, 1.807) is 11.9 Å². The fraction of sp³-hybridized carbons (Fsp3) is 0.438. The van der Waals surface area contributed by atoms with Crippen molar-refractivity contribution in [1.29, 1.82) is 0 Å². The summed E-state index contributed by atoms with van der Waals surface area (Å²) in [5.41, 5.74) is 5.85. The van der Waals surface area contributed by atoms with Crippen LogP contribution >= 0.6 is 11.9 Å². The summed E-state index contributed by atoms with van der Waals surface area (Å²) >= 11 is 1.37. The van der Waals surface area contributed by atoms with Crippen LogP contribution in [-0.2, 0) is 4.79 Å². The molecule has 2 bridgehead atoms. The fourth-order valence-corrected chi connectivity index (χ4v) is 4.53. The number of hydrogen-bond acceptors (Lipinski definition) is 5. The van der Waals surface area contributed by atoms with Crippen LogP contribution < -0.4 is 11.1 Å². The van der Waals surface area contributed by atoms with Crippen molar-refractivity contribution in [2.24, 2.45) is 5.73 Å². The molecule has 0 aliphatic carbocycles. The van der Waals surface area contributed by atoms with Crippen molar-refractivity contribution in [3.8, 4) is 0 Å². The second-order valence-electron chi connectivity index (χ2n) is 5.98. The summed E-state index contributed by atoms with van der Waals surface area (Å²) in [6, 6.07) is 3.87. The van der Waals surface area contributed by atoms with Crippen molar-refractivity contribution < 1.29 is 13.6 Å². The standard InChI is InChI=1S/C16H20F2N4OS/c1-20-15(7-19)16(23)21-8-12-2-3-13(9-21)22(12)24-14-5-10(17)4-11(18)6-14/h4-7,12-13,20H,2-3,8-9,19H2,1H3/b15-7-. The van der Waals surface area contributed by atoms with E-state index < -0.39 is 11.6 Å². The van der Waals surface area contributed by atoms with Gasteiger partial charge < -0.3 is 16.0 Å². The zero-order valence-electron chi connectivity index (χ0n) is 13.3. The Hall–Kier alpha value is -1.80. The van der Waals surface area contributed by atoms with Crippen LogP contribution in [0.15, 0.2) is 35.0 Å². The maximum atomic E-state index is 13.4. The van der Waals surface area contributed by atoms with E-state index in [2.05, 4.69) is 9.62 Å². The Labute approximate surface area is 144 Å². The van der Waals surface area contributed by atoms with E-state index in [-0.39, 0.29) is 18.0 Å². The number of carbonyl (C=O) groups is 1. The number of hydrogen-bond donors (Lipinski definition) is 2. The van der Waals surface area contributed by atoms with Crippen LogP contribution in [-0.4, -0.2) is 47.3 Å². The molecule has 2 fully saturated rings. The van der Waals surface area contributed by atoms with E-state index in [1.165, 1.54) is 30.3 Å². The Balaban J connectivity index is 1.71.